The summed E-state index contributed by atoms with van der Waals surface area (Å²) in [5.41, 5.74) is 5.52. The highest BCUT2D eigenvalue weighted by atomic mass is 35.5. The Morgan fingerprint density at radius 2 is 2.25 bits per heavy atom. The fourth-order valence-electron chi connectivity index (χ4n) is 1.75. The molecule has 0 aliphatic heterocycles. The fourth-order valence-corrected chi connectivity index (χ4v) is 1.93. The Morgan fingerprint density at radius 3 is 2.81 bits per heavy atom. The lowest BCUT2D eigenvalue weighted by molar-refractivity contribution is 0.238. The molecule has 16 heavy (non-hydrogen) atoms. The van der Waals surface area contributed by atoms with Gasteiger partial charge in [-0.2, -0.15) is 0 Å². The van der Waals surface area contributed by atoms with Crippen molar-refractivity contribution in [3.8, 4) is 5.75 Å². The van der Waals surface area contributed by atoms with Crippen molar-refractivity contribution in [3.05, 3.63) is 29.3 Å². The first-order valence-electron chi connectivity index (χ1n) is 5.31. The number of hydrogen-bond donors (Lipinski definition) is 2. The van der Waals surface area contributed by atoms with Crippen molar-refractivity contribution in [1.29, 1.82) is 5.41 Å². The van der Waals surface area contributed by atoms with Crippen molar-refractivity contribution in [2.75, 3.05) is 6.61 Å². The van der Waals surface area contributed by atoms with E-state index >= 15 is 0 Å². The van der Waals surface area contributed by atoms with E-state index in [1.165, 1.54) is 0 Å². The zero-order valence-corrected chi connectivity index (χ0v) is 9.76. The first-order chi connectivity index (χ1) is 7.60. The highest BCUT2D eigenvalue weighted by Crippen LogP contribution is 2.48. The average Bonchev–Trinajstić information content (AvgIpc) is 2.95. The fraction of sp³-hybridized carbons (Fsp3) is 0.417. The van der Waals surface area contributed by atoms with Gasteiger partial charge in [0, 0.05) is 16.9 Å². The van der Waals surface area contributed by atoms with Crippen LogP contribution in [0.3, 0.4) is 0 Å². The average molecular weight is 239 g/mol. The van der Waals surface area contributed by atoms with Gasteiger partial charge in [-0.3, -0.25) is 5.41 Å². The summed E-state index contributed by atoms with van der Waals surface area (Å²) in [6, 6.07) is 7.36. The molecular formula is C12H15ClN2O. The normalized spacial score (nSPS) is 16.8. The van der Waals surface area contributed by atoms with Crippen LogP contribution in [0, 0.1) is 10.8 Å². The van der Waals surface area contributed by atoms with Gasteiger partial charge in [0.2, 0.25) is 0 Å². The third-order valence-electron chi connectivity index (χ3n) is 2.86. The largest absolute Gasteiger partial charge is 0.493 e. The highest BCUT2D eigenvalue weighted by Gasteiger charge is 2.43. The van der Waals surface area contributed by atoms with Crippen LogP contribution in [0.15, 0.2) is 24.3 Å². The molecule has 1 fully saturated rings. The molecular weight excluding hydrogens is 224 g/mol. The monoisotopic (exact) mass is 238 g/mol. The summed E-state index contributed by atoms with van der Waals surface area (Å²) >= 11 is 5.86. The number of rotatable bonds is 5. The summed E-state index contributed by atoms with van der Waals surface area (Å²) in [7, 11) is 0. The van der Waals surface area contributed by atoms with Gasteiger partial charge in [-0.15, -0.1) is 0 Å². The molecule has 1 aliphatic carbocycles. The van der Waals surface area contributed by atoms with Crippen molar-refractivity contribution in [3.63, 3.8) is 0 Å². The Labute approximate surface area is 100 Å². The maximum atomic E-state index is 7.31. The molecule has 0 radical (unpaired) electrons. The van der Waals surface area contributed by atoms with Crippen LogP contribution in [0.5, 0.6) is 5.75 Å². The van der Waals surface area contributed by atoms with Crippen LogP contribution in [-0.4, -0.2) is 12.4 Å². The Hall–Kier alpha value is -1.22. The molecule has 0 spiro atoms. The smallest absolute Gasteiger partial charge is 0.120 e. The number of halogens is 1. The summed E-state index contributed by atoms with van der Waals surface area (Å²) in [5.74, 6) is 1.02. The standard InChI is InChI=1S/C12H15ClN2O/c13-9-2-1-3-10(6-9)16-8-12(4-5-12)7-11(14)15/h1-3,6H,4-5,7-8H2,(H3,14,15). The first-order valence-corrected chi connectivity index (χ1v) is 5.69. The van der Waals surface area contributed by atoms with E-state index < -0.39 is 0 Å². The molecule has 4 heteroatoms. The third kappa shape index (κ3) is 2.89. The van der Waals surface area contributed by atoms with Crippen LogP contribution in [0.2, 0.25) is 5.02 Å². The lowest BCUT2D eigenvalue weighted by Crippen LogP contribution is -2.21. The molecule has 3 N–H and O–H groups in total. The van der Waals surface area contributed by atoms with Gasteiger partial charge in [0.25, 0.3) is 0 Å². The molecule has 0 unspecified atom stereocenters. The molecule has 86 valence electrons. The molecule has 0 aromatic heterocycles. The van der Waals surface area contributed by atoms with E-state index in [0.717, 1.165) is 18.6 Å². The zero-order chi connectivity index (χ0) is 11.6. The van der Waals surface area contributed by atoms with E-state index in [1.807, 2.05) is 18.2 Å². The van der Waals surface area contributed by atoms with Gasteiger partial charge >= 0.3 is 0 Å². The first kappa shape index (κ1) is 11.3. The van der Waals surface area contributed by atoms with Crippen molar-refractivity contribution in [2.45, 2.75) is 19.3 Å². The van der Waals surface area contributed by atoms with Gasteiger partial charge in [-0.05, 0) is 31.0 Å². The second-order valence-electron chi connectivity index (χ2n) is 4.45. The molecule has 3 nitrogen and oxygen atoms in total. The van der Waals surface area contributed by atoms with Crippen molar-refractivity contribution < 1.29 is 4.74 Å². The van der Waals surface area contributed by atoms with Crippen LogP contribution in [0.4, 0.5) is 0 Å². The number of nitrogens with one attached hydrogen (secondary N) is 1. The van der Waals surface area contributed by atoms with Crippen molar-refractivity contribution in [2.24, 2.45) is 11.1 Å². The number of nitrogens with two attached hydrogens (primary N) is 1. The molecule has 0 saturated heterocycles. The van der Waals surface area contributed by atoms with Gasteiger partial charge in [-0.25, -0.2) is 0 Å². The summed E-state index contributed by atoms with van der Waals surface area (Å²) in [6.45, 7) is 0.618. The van der Waals surface area contributed by atoms with Crippen molar-refractivity contribution >= 4 is 17.4 Å². The minimum absolute atomic E-state index is 0.105. The number of hydrogen-bond acceptors (Lipinski definition) is 2. The molecule has 0 bridgehead atoms. The lowest BCUT2D eigenvalue weighted by atomic mass is 10.0. The maximum absolute atomic E-state index is 7.31. The number of ether oxygens (including phenoxy) is 1. The number of benzene rings is 1. The Bertz CT molecular complexity index is 402. The highest BCUT2D eigenvalue weighted by molar-refractivity contribution is 6.30. The summed E-state index contributed by atoms with van der Waals surface area (Å²) in [5, 5.41) is 7.98. The second kappa shape index (κ2) is 4.34. The molecule has 1 aromatic rings. The molecule has 0 heterocycles. The molecule has 2 rings (SSSR count). The minimum Gasteiger partial charge on any atom is -0.493 e. The van der Waals surface area contributed by atoms with Gasteiger partial charge in [0.05, 0.1) is 12.4 Å². The van der Waals surface area contributed by atoms with E-state index in [0.29, 0.717) is 18.1 Å². The van der Waals surface area contributed by atoms with E-state index in [4.69, 9.17) is 27.5 Å². The molecule has 0 amide bonds. The summed E-state index contributed by atoms with van der Waals surface area (Å²) in [4.78, 5) is 0. The summed E-state index contributed by atoms with van der Waals surface area (Å²) in [6.07, 6.45) is 2.81. The van der Waals surface area contributed by atoms with Crippen LogP contribution in [0.1, 0.15) is 19.3 Å². The van der Waals surface area contributed by atoms with Crippen LogP contribution < -0.4 is 10.5 Å². The topological polar surface area (TPSA) is 59.1 Å². The predicted molar refractivity (Wildman–Crippen MR) is 65.1 cm³/mol. The molecule has 1 saturated carbocycles. The molecule has 0 atom stereocenters. The van der Waals surface area contributed by atoms with Crippen LogP contribution >= 0.6 is 11.6 Å². The predicted octanol–water partition coefficient (Wildman–Crippen LogP) is 2.83. The van der Waals surface area contributed by atoms with Gasteiger partial charge in [0.15, 0.2) is 0 Å². The van der Waals surface area contributed by atoms with E-state index in [9.17, 15) is 0 Å². The molecule has 1 aliphatic rings. The third-order valence-corrected chi connectivity index (χ3v) is 3.10. The minimum atomic E-state index is 0.105. The lowest BCUT2D eigenvalue weighted by Gasteiger charge is -2.15. The van der Waals surface area contributed by atoms with Crippen molar-refractivity contribution in [1.82, 2.24) is 0 Å². The van der Waals surface area contributed by atoms with E-state index in [1.54, 1.807) is 6.07 Å². The molecule has 1 aromatic carbocycles. The quantitative estimate of drug-likeness (QED) is 0.612. The van der Waals surface area contributed by atoms with Gasteiger partial charge < -0.3 is 10.5 Å². The Morgan fingerprint density at radius 1 is 1.50 bits per heavy atom. The Balaban J connectivity index is 1.90. The summed E-state index contributed by atoms with van der Waals surface area (Å²) < 4.78 is 5.68. The van der Waals surface area contributed by atoms with Crippen LogP contribution in [-0.2, 0) is 0 Å². The van der Waals surface area contributed by atoms with Gasteiger partial charge in [-0.1, -0.05) is 17.7 Å². The second-order valence-corrected chi connectivity index (χ2v) is 4.88. The van der Waals surface area contributed by atoms with E-state index in [-0.39, 0.29) is 11.3 Å². The Kier molecular flexibility index (Phi) is 3.06. The van der Waals surface area contributed by atoms with Gasteiger partial charge in [0.1, 0.15) is 5.75 Å². The maximum Gasteiger partial charge on any atom is 0.120 e. The number of amidine groups is 1. The van der Waals surface area contributed by atoms with E-state index in [2.05, 4.69) is 0 Å². The zero-order valence-electron chi connectivity index (χ0n) is 9.00. The van der Waals surface area contributed by atoms with Crippen LogP contribution in [0.25, 0.3) is 0 Å². The SMILES string of the molecule is N=C(N)CC1(COc2cccc(Cl)c2)CC1.